The minimum absolute atomic E-state index is 0.0724. The van der Waals surface area contributed by atoms with Gasteiger partial charge in [0.05, 0.1) is 25.0 Å². The largest absolute Gasteiger partial charge is 0.469 e. The molecule has 0 aliphatic carbocycles. The van der Waals surface area contributed by atoms with Gasteiger partial charge in [-0.25, -0.2) is 0 Å². The first-order valence-electron chi connectivity index (χ1n) is 5.03. The van der Waals surface area contributed by atoms with E-state index >= 15 is 0 Å². The van der Waals surface area contributed by atoms with Crippen LogP contribution < -0.4 is 0 Å². The topological polar surface area (TPSA) is 63.6 Å². The van der Waals surface area contributed by atoms with Crippen LogP contribution in [-0.2, 0) is 14.3 Å². The highest BCUT2D eigenvalue weighted by Crippen LogP contribution is 2.24. The number of aliphatic hydroxyl groups is 1. The van der Waals surface area contributed by atoms with Crippen molar-refractivity contribution in [2.75, 3.05) is 7.11 Å². The third-order valence-corrected chi connectivity index (χ3v) is 2.36. The number of carbonyl (C=O) groups excluding carboxylic acids is 2. The molecule has 4 nitrogen and oxygen atoms in total. The lowest BCUT2D eigenvalue weighted by atomic mass is 9.81. The normalized spacial score (nSPS) is 13.8. The lowest BCUT2D eigenvalue weighted by Crippen LogP contribution is -2.40. The van der Waals surface area contributed by atoms with Gasteiger partial charge in [0.1, 0.15) is 5.78 Å². The molecule has 0 fully saturated rings. The van der Waals surface area contributed by atoms with Gasteiger partial charge >= 0.3 is 5.97 Å². The molecule has 88 valence electrons. The maximum atomic E-state index is 11.8. The maximum Gasteiger partial charge on any atom is 0.306 e. The summed E-state index contributed by atoms with van der Waals surface area (Å²) in [7, 11) is 1.27. The Morgan fingerprint density at radius 3 is 2.07 bits per heavy atom. The van der Waals surface area contributed by atoms with Gasteiger partial charge in [-0.05, 0) is 13.8 Å². The number of esters is 1. The van der Waals surface area contributed by atoms with E-state index in [1.165, 1.54) is 21.0 Å². The van der Waals surface area contributed by atoms with Crippen LogP contribution in [0.1, 0.15) is 34.1 Å². The van der Waals surface area contributed by atoms with Crippen LogP contribution in [0.2, 0.25) is 0 Å². The van der Waals surface area contributed by atoms with Gasteiger partial charge in [0, 0.05) is 5.92 Å². The highest BCUT2D eigenvalue weighted by molar-refractivity contribution is 5.87. The van der Waals surface area contributed by atoms with Gasteiger partial charge in [0.25, 0.3) is 0 Å². The van der Waals surface area contributed by atoms with Crippen molar-refractivity contribution in [1.82, 2.24) is 0 Å². The van der Waals surface area contributed by atoms with E-state index in [0.29, 0.717) is 0 Å². The third kappa shape index (κ3) is 4.42. The van der Waals surface area contributed by atoms with E-state index in [0.717, 1.165) is 0 Å². The molecule has 0 aromatic rings. The molecule has 0 spiro atoms. The van der Waals surface area contributed by atoms with Crippen molar-refractivity contribution in [2.24, 2.45) is 11.8 Å². The fraction of sp³-hybridized carbons (Fsp3) is 0.818. The summed E-state index contributed by atoms with van der Waals surface area (Å²) in [5.41, 5.74) is -1.20. The summed E-state index contributed by atoms with van der Waals surface area (Å²) in [5.74, 6) is -1.50. The van der Waals surface area contributed by atoms with Gasteiger partial charge in [-0.1, -0.05) is 13.8 Å². The van der Waals surface area contributed by atoms with Gasteiger partial charge in [-0.2, -0.15) is 0 Å². The SMILES string of the molecule is COC(=O)C[C@H](C(=O)C(C)C)C(C)(C)O. The van der Waals surface area contributed by atoms with E-state index in [-0.39, 0.29) is 18.1 Å². The Balaban J connectivity index is 4.75. The highest BCUT2D eigenvalue weighted by atomic mass is 16.5. The van der Waals surface area contributed by atoms with Crippen LogP contribution in [0.25, 0.3) is 0 Å². The van der Waals surface area contributed by atoms with Crippen LogP contribution >= 0.6 is 0 Å². The summed E-state index contributed by atoms with van der Waals surface area (Å²) < 4.78 is 4.50. The molecule has 4 heteroatoms. The van der Waals surface area contributed by atoms with Crippen molar-refractivity contribution in [2.45, 2.75) is 39.7 Å². The predicted molar refractivity (Wildman–Crippen MR) is 56.3 cm³/mol. The van der Waals surface area contributed by atoms with Crippen molar-refractivity contribution >= 4 is 11.8 Å². The first-order chi connectivity index (χ1) is 6.70. The molecule has 0 amide bonds. The number of methoxy groups -OCH3 is 1. The summed E-state index contributed by atoms with van der Waals surface area (Å²) in [6.45, 7) is 6.55. The van der Waals surface area contributed by atoms with Crippen molar-refractivity contribution in [1.29, 1.82) is 0 Å². The molecule has 0 aliphatic heterocycles. The molecule has 0 saturated heterocycles. The number of carbonyl (C=O) groups is 2. The average Bonchev–Trinajstić information content (AvgIpc) is 2.10. The van der Waals surface area contributed by atoms with Gasteiger partial charge in [-0.3, -0.25) is 9.59 Å². The molecular formula is C11H20O4. The lowest BCUT2D eigenvalue weighted by Gasteiger charge is -2.28. The molecule has 0 radical (unpaired) electrons. The number of ether oxygens (including phenoxy) is 1. The molecule has 0 heterocycles. The zero-order chi connectivity index (χ0) is 12.2. The van der Waals surface area contributed by atoms with Gasteiger partial charge in [-0.15, -0.1) is 0 Å². The predicted octanol–water partition coefficient (Wildman–Crippen LogP) is 1.16. The number of Topliss-reactive ketones (excluding diaryl/α,β-unsaturated/α-hetero) is 1. The van der Waals surface area contributed by atoms with E-state index in [2.05, 4.69) is 4.74 Å². The monoisotopic (exact) mass is 216 g/mol. The molecule has 0 aromatic carbocycles. The van der Waals surface area contributed by atoms with Crippen molar-refractivity contribution in [3.8, 4) is 0 Å². The van der Waals surface area contributed by atoms with Crippen molar-refractivity contribution in [3.63, 3.8) is 0 Å². The maximum absolute atomic E-state index is 11.8. The second-order valence-electron chi connectivity index (χ2n) is 4.54. The molecule has 0 unspecified atom stereocenters. The molecule has 1 N–H and O–H groups in total. The van der Waals surface area contributed by atoms with E-state index in [4.69, 9.17) is 0 Å². The van der Waals surface area contributed by atoms with Crippen molar-refractivity contribution < 1.29 is 19.4 Å². The summed E-state index contributed by atoms with van der Waals surface area (Å²) in [6, 6.07) is 0. The van der Waals surface area contributed by atoms with Gasteiger partial charge in [0.2, 0.25) is 0 Å². The van der Waals surface area contributed by atoms with Crippen LogP contribution in [0.4, 0.5) is 0 Å². The first kappa shape index (κ1) is 14.1. The standard InChI is InChI=1S/C11H20O4/c1-7(2)10(13)8(11(3,4)14)6-9(12)15-5/h7-8,14H,6H2,1-5H3/t8-/m1/s1. The second kappa shape index (κ2) is 5.26. The van der Waals surface area contributed by atoms with Crippen LogP contribution in [0.3, 0.4) is 0 Å². The summed E-state index contributed by atoms with van der Waals surface area (Å²) in [6.07, 6.45) is -0.0724. The Hall–Kier alpha value is -0.900. The summed E-state index contributed by atoms with van der Waals surface area (Å²) in [4.78, 5) is 22.9. The average molecular weight is 216 g/mol. The van der Waals surface area contributed by atoms with Gasteiger partial charge in [0.15, 0.2) is 0 Å². The minimum atomic E-state index is -1.20. The second-order valence-corrected chi connectivity index (χ2v) is 4.54. The zero-order valence-corrected chi connectivity index (χ0v) is 10.0. The number of ketones is 1. The summed E-state index contributed by atoms with van der Waals surface area (Å²) in [5, 5.41) is 9.81. The quantitative estimate of drug-likeness (QED) is 0.700. The molecule has 1 atom stereocenters. The van der Waals surface area contributed by atoms with Crippen molar-refractivity contribution in [3.05, 3.63) is 0 Å². The van der Waals surface area contributed by atoms with Crippen LogP contribution in [0.5, 0.6) is 0 Å². The first-order valence-corrected chi connectivity index (χ1v) is 5.03. The Bertz CT molecular complexity index is 237. The third-order valence-electron chi connectivity index (χ3n) is 2.36. The van der Waals surface area contributed by atoms with E-state index in [1.54, 1.807) is 13.8 Å². The van der Waals surface area contributed by atoms with Gasteiger partial charge < -0.3 is 9.84 Å². The Morgan fingerprint density at radius 1 is 1.33 bits per heavy atom. The lowest BCUT2D eigenvalue weighted by molar-refractivity contribution is -0.149. The van der Waals surface area contributed by atoms with Crippen LogP contribution in [0.15, 0.2) is 0 Å². The molecule has 0 saturated carbocycles. The zero-order valence-electron chi connectivity index (χ0n) is 10.0. The number of hydrogen-bond acceptors (Lipinski definition) is 4. The molecule has 0 aromatic heterocycles. The molecule has 0 bridgehead atoms. The number of hydrogen-bond donors (Lipinski definition) is 1. The molecular weight excluding hydrogens is 196 g/mol. The minimum Gasteiger partial charge on any atom is -0.469 e. The van der Waals surface area contributed by atoms with E-state index in [1.807, 2.05) is 0 Å². The fourth-order valence-electron chi connectivity index (χ4n) is 1.35. The van der Waals surface area contributed by atoms with Crippen LogP contribution in [-0.4, -0.2) is 29.6 Å². The summed E-state index contributed by atoms with van der Waals surface area (Å²) >= 11 is 0. The Morgan fingerprint density at radius 2 is 1.80 bits per heavy atom. The van der Waals surface area contributed by atoms with Crippen LogP contribution in [0, 0.1) is 11.8 Å². The number of rotatable bonds is 5. The molecule has 0 aliphatic rings. The highest BCUT2D eigenvalue weighted by Gasteiger charge is 2.36. The molecule has 0 rings (SSSR count). The Kier molecular flexibility index (Phi) is 4.94. The Labute approximate surface area is 90.6 Å². The van der Waals surface area contributed by atoms with E-state index in [9.17, 15) is 14.7 Å². The molecule has 15 heavy (non-hydrogen) atoms. The van der Waals surface area contributed by atoms with E-state index < -0.39 is 17.5 Å². The smallest absolute Gasteiger partial charge is 0.306 e. The fourth-order valence-corrected chi connectivity index (χ4v) is 1.35.